The van der Waals surface area contributed by atoms with Gasteiger partial charge in [-0.3, -0.25) is 4.79 Å². The van der Waals surface area contributed by atoms with Gasteiger partial charge in [-0.05, 0) is 80.7 Å². The molecule has 1 amide bonds. The molecule has 1 saturated heterocycles. The van der Waals surface area contributed by atoms with Gasteiger partial charge in [-0.15, -0.1) is 0 Å². The molecule has 5 rings (SSSR count). The first kappa shape index (κ1) is 27.7. The van der Waals surface area contributed by atoms with Gasteiger partial charge >= 0.3 is 12.1 Å². The lowest BCUT2D eigenvalue weighted by Crippen LogP contribution is -2.50. The summed E-state index contributed by atoms with van der Waals surface area (Å²) in [6, 6.07) is 6.51. The van der Waals surface area contributed by atoms with Crippen molar-refractivity contribution in [2.45, 2.75) is 56.0 Å². The zero-order valence-electron chi connectivity index (χ0n) is 20.6. The number of rotatable bonds is 9. The summed E-state index contributed by atoms with van der Waals surface area (Å²) in [6.07, 6.45) is -2.32. The van der Waals surface area contributed by atoms with Gasteiger partial charge in [0, 0.05) is 11.9 Å². The third-order valence-corrected chi connectivity index (χ3v) is 7.20. The number of likely N-dealkylation sites (tertiary alicyclic amines) is 1. The van der Waals surface area contributed by atoms with E-state index < -0.39 is 41.5 Å². The van der Waals surface area contributed by atoms with Crippen LogP contribution in [0.25, 0.3) is 11.0 Å². The third-order valence-electron chi connectivity index (χ3n) is 6.90. The van der Waals surface area contributed by atoms with Crippen molar-refractivity contribution in [1.82, 2.24) is 10.2 Å². The molecule has 3 aromatic rings. The highest BCUT2D eigenvalue weighted by Crippen LogP contribution is 2.38. The predicted octanol–water partition coefficient (Wildman–Crippen LogP) is 6.05. The number of benzene rings is 2. The Morgan fingerprint density at radius 2 is 1.82 bits per heavy atom. The molecule has 2 fully saturated rings. The van der Waals surface area contributed by atoms with Crippen molar-refractivity contribution >= 4 is 28.5 Å². The predicted molar refractivity (Wildman–Crippen MR) is 133 cm³/mol. The standard InChI is InChI=1S/C27H26ClF5N2O4/c28-19-12-15(3-7-22(19)38-18-5-6-18)24(36)20(14-35-9-1-2-10-35)34-25(37)26(29,30)23-13-16-11-17(27(31,32)33)4-8-21(16)39-23/h3-4,7-8,11-13,18,20,24,36H,1-2,5-6,9-10,14H2,(H,34,37)/t20-,24-/m1/s1. The summed E-state index contributed by atoms with van der Waals surface area (Å²) in [5.74, 6) is -6.63. The SMILES string of the molecule is O=C(N[C@H](CN1CCCC1)[C@H](O)c1ccc(OC2CC2)c(Cl)c1)C(F)(F)c1cc2cc(C(F)(F)F)ccc2o1. The summed E-state index contributed by atoms with van der Waals surface area (Å²) in [6.45, 7) is 1.45. The number of carbonyl (C=O) groups excluding carboxylic acids is 1. The Labute approximate surface area is 225 Å². The van der Waals surface area contributed by atoms with Crippen molar-refractivity contribution in [2.75, 3.05) is 19.6 Å². The molecule has 1 aliphatic carbocycles. The monoisotopic (exact) mass is 572 g/mol. The van der Waals surface area contributed by atoms with E-state index in [4.69, 9.17) is 20.8 Å². The van der Waals surface area contributed by atoms with Crippen LogP contribution in [0.2, 0.25) is 5.02 Å². The van der Waals surface area contributed by atoms with E-state index in [-0.39, 0.29) is 28.6 Å². The van der Waals surface area contributed by atoms with Crippen LogP contribution in [0.3, 0.4) is 0 Å². The van der Waals surface area contributed by atoms with Crippen LogP contribution in [0, 0.1) is 0 Å². The number of amides is 1. The van der Waals surface area contributed by atoms with E-state index in [9.17, 15) is 23.1 Å². The van der Waals surface area contributed by atoms with Crippen LogP contribution in [0.4, 0.5) is 22.0 Å². The molecule has 0 bridgehead atoms. The lowest BCUT2D eigenvalue weighted by atomic mass is 10.0. The van der Waals surface area contributed by atoms with E-state index in [0.717, 1.165) is 31.7 Å². The Balaban J connectivity index is 1.37. The van der Waals surface area contributed by atoms with Gasteiger partial charge in [-0.1, -0.05) is 17.7 Å². The highest BCUT2D eigenvalue weighted by atomic mass is 35.5. The van der Waals surface area contributed by atoms with Gasteiger partial charge in [-0.25, -0.2) is 0 Å². The number of furan rings is 1. The first-order chi connectivity index (χ1) is 18.4. The Bertz CT molecular complexity index is 1350. The fourth-order valence-corrected chi connectivity index (χ4v) is 4.84. The molecule has 2 aromatic carbocycles. The second kappa shape index (κ2) is 10.6. The molecular weight excluding hydrogens is 547 g/mol. The van der Waals surface area contributed by atoms with E-state index in [1.54, 1.807) is 12.1 Å². The molecule has 1 saturated carbocycles. The Kier molecular flexibility index (Phi) is 7.51. The minimum Gasteiger partial charge on any atom is -0.489 e. The van der Waals surface area contributed by atoms with Crippen molar-refractivity contribution in [1.29, 1.82) is 0 Å². The molecule has 2 atom stereocenters. The third kappa shape index (κ3) is 6.15. The summed E-state index contributed by atoms with van der Waals surface area (Å²) in [5.41, 5.74) is -0.947. The molecule has 6 nitrogen and oxygen atoms in total. The number of nitrogens with one attached hydrogen (secondary N) is 1. The summed E-state index contributed by atoms with van der Waals surface area (Å²) in [7, 11) is 0. The maximum atomic E-state index is 15.2. The quantitative estimate of drug-likeness (QED) is 0.305. The van der Waals surface area contributed by atoms with E-state index in [0.29, 0.717) is 42.6 Å². The summed E-state index contributed by atoms with van der Waals surface area (Å²) < 4.78 is 80.4. The smallest absolute Gasteiger partial charge is 0.416 e. The lowest BCUT2D eigenvalue weighted by molar-refractivity contribution is -0.151. The zero-order valence-corrected chi connectivity index (χ0v) is 21.4. The molecule has 39 heavy (non-hydrogen) atoms. The van der Waals surface area contributed by atoms with Gasteiger partial charge in [-0.2, -0.15) is 22.0 Å². The highest BCUT2D eigenvalue weighted by molar-refractivity contribution is 6.32. The molecule has 2 heterocycles. The number of fused-ring (bicyclic) bond motifs is 1. The van der Waals surface area contributed by atoms with Crippen molar-refractivity contribution in [3.8, 4) is 5.75 Å². The zero-order chi connectivity index (χ0) is 27.9. The molecular formula is C27H26ClF5N2O4. The van der Waals surface area contributed by atoms with Crippen molar-refractivity contribution in [3.63, 3.8) is 0 Å². The number of halogens is 6. The number of alkyl halides is 5. The van der Waals surface area contributed by atoms with Gasteiger partial charge in [0.25, 0.3) is 5.91 Å². The summed E-state index contributed by atoms with van der Waals surface area (Å²) >= 11 is 6.32. The summed E-state index contributed by atoms with van der Waals surface area (Å²) in [5, 5.41) is 13.4. The van der Waals surface area contributed by atoms with E-state index in [1.165, 1.54) is 6.07 Å². The largest absolute Gasteiger partial charge is 0.489 e. The number of carbonyl (C=O) groups is 1. The van der Waals surface area contributed by atoms with Crippen LogP contribution in [0.1, 0.15) is 48.7 Å². The number of hydrogen-bond donors (Lipinski definition) is 2. The maximum absolute atomic E-state index is 15.2. The van der Waals surface area contributed by atoms with Gasteiger partial charge < -0.3 is 24.5 Å². The average Bonchev–Trinajstić information content (AvgIpc) is 3.35. The van der Waals surface area contributed by atoms with E-state index >= 15 is 8.78 Å². The van der Waals surface area contributed by atoms with Crippen LogP contribution in [-0.2, 0) is 16.9 Å². The van der Waals surface area contributed by atoms with Crippen LogP contribution >= 0.6 is 11.6 Å². The fourth-order valence-electron chi connectivity index (χ4n) is 4.61. The molecule has 210 valence electrons. The average molecular weight is 573 g/mol. The molecule has 12 heteroatoms. The number of hydrogen-bond acceptors (Lipinski definition) is 5. The number of aliphatic hydroxyl groups is 1. The number of aliphatic hydroxyl groups excluding tert-OH is 1. The maximum Gasteiger partial charge on any atom is 0.416 e. The van der Waals surface area contributed by atoms with Gasteiger partial charge in [0.1, 0.15) is 17.4 Å². The Hall–Kier alpha value is -2.89. The molecule has 2 aliphatic rings. The van der Waals surface area contributed by atoms with Crippen molar-refractivity contribution in [2.24, 2.45) is 0 Å². The van der Waals surface area contributed by atoms with Crippen LogP contribution in [0.5, 0.6) is 5.75 Å². The van der Waals surface area contributed by atoms with Crippen LogP contribution in [-0.4, -0.2) is 47.7 Å². The molecule has 0 spiro atoms. The highest BCUT2D eigenvalue weighted by Gasteiger charge is 2.46. The Morgan fingerprint density at radius 1 is 1.10 bits per heavy atom. The Morgan fingerprint density at radius 3 is 2.46 bits per heavy atom. The lowest BCUT2D eigenvalue weighted by Gasteiger charge is -2.30. The van der Waals surface area contributed by atoms with Gasteiger partial charge in [0.2, 0.25) is 0 Å². The molecule has 0 radical (unpaired) electrons. The van der Waals surface area contributed by atoms with Gasteiger partial charge in [0.05, 0.1) is 22.7 Å². The van der Waals surface area contributed by atoms with E-state index in [1.807, 2.05) is 4.90 Å². The fraction of sp³-hybridized carbons (Fsp3) is 0.444. The second-order valence-electron chi connectivity index (χ2n) is 9.97. The van der Waals surface area contributed by atoms with Crippen LogP contribution in [0.15, 0.2) is 46.9 Å². The molecule has 1 aliphatic heterocycles. The number of nitrogens with zero attached hydrogens (tertiary/aromatic N) is 1. The van der Waals surface area contributed by atoms with Gasteiger partial charge in [0.15, 0.2) is 5.76 Å². The van der Waals surface area contributed by atoms with Crippen molar-refractivity contribution < 1.29 is 41.0 Å². The minimum atomic E-state index is -4.67. The first-order valence-corrected chi connectivity index (χ1v) is 13.0. The first-order valence-electron chi connectivity index (χ1n) is 12.6. The van der Waals surface area contributed by atoms with E-state index in [2.05, 4.69) is 5.32 Å². The molecule has 1 aromatic heterocycles. The van der Waals surface area contributed by atoms with Crippen LogP contribution < -0.4 is 10.1 Å². The number of ether oxygens (including phenoxy) is 1. The summed E-state index contributed by atoms with van der Waals surface area (Å²) in [4.78, 5) is 14.8. The minimum absolute atomic E-state index is 0.0933. The molecule has 2 N–H and O–H groups in total. The topological polar surface area (TPSA) is 74.9 Å². The van der Waals surface area contributed by atoms with Crippen molar-refractivity contribution in [3.05, 3.63) is 64.4 Å². The molecule has 0 unspecified atom stereocenters. The second-order valence-corrected chi connectivity index (χ2v) is 10.4. The normalized spacial score (nSPS) is 18.3.